The van der Waals surface area contributed by atoms with Crippen LogP contribution in [0.5, 0.6) is 0 Å². The largest absolute Gasteiger partial charge is 0.353 e. The third-order valence-corrected chi connectivity index (χ3v) is 4.24. The van der Waals surface area contributed by atoms with Crippen LogP contribution in [0.25, 0.3) is 0 Å². The number of aromatic nitrogens is 1. The zero-order chi connectivity index (χ0) is 15.6. The minimum absolute atomic E-state index is 0.0872. The van der Waals surface area contributed by atoms with Crippen molar-refractivity contribution in [2.45, 2.75) is 39.7 Å². The van der Waals surface area contributed by atoms with E-state index in [1.54, 1.807) is 6.20 Å². The fourth-order valence-corrected chi connectivity index (χ4v) is 3.08. The van der Waals surface area contributed by atoms with Gasteiger partial charge < -0.3 is 10.2 Å². The van der Waals surface area contributed by atoms with E-state index in [1.807, 2.05) is 26.8 Å². The minimum Gasteiger partial charge on any atom is -0.353 e. The highest BCUT2D eigenvalue weighted by molar-refractivity contribution is 9.10. The van der Waals surface area contributed by atoms with Crippen LogP contribution in [0.4, 0.5) is 5.82 Å². The van der Waals surface area contributed by atoms with Crippen molar-refractivity contribution in [3.63, 3.8) is 0 Å². The number of pyridine rings is 1. The summed E-state index contributed by atoms with van der Waals surface area (Å²) in [5, 5.41) is 3.76. The maximum Gasteiger partial charge on any atom is 0.225 e. The first-order valence-corrected chi connectivity index (χ1v) is 8.31. The van der Waals surface area contributed by atoms with Crippen LogP contribution >= 0.6 is 27.5 Å². The van der Waals surface area contributed by atoms with Gasteiger partial charge in [0.15, 0.2) is 0 Å². The van der Waals surface area contributed by atoms with E-state index in [2.05, 4.69) is 31.1 Å². The molecule has 0 spiro atoms. The lowest BCUT2D eigenvalue weighted by Gasteiger charge is -2.35. The number of anilines is 1. The summed E-state index contributed by atoms with van der Waals surface area (Å²) in [7, 11) is 0. The summed E-state index contributed by atoms with van der Waals surface area (Å²) in [5.74, 6) is 0.874. The Morgan fingerprint density at radius 1 is 1.52 bits per heavy atom. The van der Waals surface area contributed by atoms with Gasteiger partial charge in [0.1, 0.15) is 5.82 Å². The number of nitrogens with one attached hydrogen (secondary N) is 1. The minimum atomic E-state index is -0.365. The first-order chi connectivity index (χ1) is 9.77. The van der Waals surface area contributed by atoms with Crippen molar-refractivity contribution in [2.24, 2.45) is 5.41 Å². The average molecular weight is 375 g/mol. The van der Waals surface area contributed by atoms with E-state index < -0.39 is 0 Å². The van der Waals surface area contributed by atoms with E-state index in [-0.39, 0.29) is 17.4 Å². The number of piperidine rings is 1. The molecule has 116 valence electrons. The van der Waals surface area contributed by atoms with Gasteiger partial charge in [0, 0.05) is 35.2 Å². The standard InChI is InChI=1S/C15H21BrClN3O/c1-15(2,3)14(21)19-11-5-4-6-20(9-11)13-12(17)7-10(16)8-18-13/h7-8,11H,4-6,9H2,1-3H3,(H,19,21). The maximum absolute atomic E-state index is 12.1. The summed E-state index contributed by atoms with van der Waals surface area (Å²) < 4.78 is 0.867. The second-order valence-corrected chi connectivity index (χ2v) is 7.79. The molecule has 0 bridgehead atoms. The van der Waals surface area contributed by atoms with Crippen LogP contribution in [-0.2, 0) is 4.79 Å². The maximum atomic E-state index is 12.1. The predicted molar refractivity (Wildman–Crippen MR) is 89.8 cm³/mol. The first-order valence-electron chi connectivity index (χ1n) is 7.14. The lowest BCUT2D eigenvalue weighted by molar-refractivity contribution is -0.129. The van der Waals surface area contributed by atoms with Gasteiger partial charge in [0.2, 0.25) is 5.91 Å². The molecular formula is C15H21BrClN3O. The average Bonchev–Trinajstić information content (AvgIpc) is 2.37. The van der Waals surface area contributed by atoms with Gasteiger partial charge >= 0.3 is 0 Å². The lowest BCUT2D eigenvalue weighted by Crippen LogP contribution is -2.50. The van der Waals surface area contributed by atoms with E-state index >= 15 is 0 Å². The topological polar surface area (TPSA) is 45.2 Å². The third-order valence-electron chi connectivity index (χ3n) is 3.53. The highest BCUT2D eigenvalue weighted by Crippen LogP contribution is 2.28. The molecule has 2 heterocycles. The Morgan fingerprint density at radius 2 is 2.24 bits per heavy atom. The molecule has 1 N–H and O–H groups in total. The lowest BCUT2D eigenvalue weighted by atomic mass is 9.94. The molecule has 6 heteroatoms. The summed E-state index contributed by atoms with van der Waals surface area (Å²) in [6.45, 7) is 7.44. The zero-order valence-corrected chi connectivity index (χ0v) is 15.0. The van der Waals surface area contributed by atoms with Gasteiger partial charge in [0.05, 0.1) is 5.02 Å². The van der Waals surface area contributed by atoms with Crippen molar-refractivity contribution in [3.8, 4) is 0 Å². The van der Waals surface area contributed by atoms with Crippen LogP contribution in [0.3, 0.4) is 0 Å². The van der Waals surface area contributed by atoms with Gasteiger partial charge in [-0.05, 0) is 34.8 Å². The van der Waals surface area contributed by atoms with E-state index in [0.717, 1.165) is 36.2 Å². The summed E-state index contributed by atoms with van der Waals surface area (Å²) >= 11 is 9.63. The number of nitrogens with zero attached hydrogens (tertiary/aromatic N) is 2. The Balaban J connectivity index is 2.05. The van der Waals surface area contributed by atoms with Crippen molar-refractivity contribution in [2.75, 3.05) is 18.0 Å². The molecule has 1 aromatic heterocycles. The number of carbonyl (C=O) groups excluding carboxylic acids is 1. The molecule has 1 aliphatic rings. The molecule has 2 rings (SSSR count). The second kappa shape index (κ2) is 6.53. The number of amides is 1. The number of halogens is 2. The molecule has 1 saturated heterocycles. The van der Waals surface area contributed by atoms with E-state index in [1.165, 1.54) is 0 Å². The molecule has 21 heavy (non-hydrogen) atoms. The van der Waals surface area contributed by atoms with Crippen LogP contribution in [0.15, 0.2) is 16.7 Å². The summed E-state index contributed by atoms with van der Waals surface area (Å²) in [6, 6.07) is 1.99. The molecule has 1 unspecified atom stereocenters. The van der Waals surface area contributed by atoms with Gasteiger partial charge in [0.25, 0.3) is 0 Å². The Morgan fingerprint density at radius 3 is 2.86 bits per heavy atom. The monoisotopic (exact) mass is 373 g/mol. The van der Waals surface area contributed by atoms with Crippen LogP contribution in [0, 0.1) is 5.41 Å². The number of carbonyl (C=O) groups is 1. The number of rotatable bonds is 2. The van der Waals surface area contributed by atoms with Crippen LogP contribution in [0.2, 0.25) is 5.02 Å². The number of hydrogen-bond donors (Lipinski definition) is 1. The molecule has 1 atom stereocenters. The van der Waals surface area contributed by atoms with E-state index in [0.29, 0.717) is 5.02 Å². The molecule has 4 nitrogen and oxygen atoms in total. The Hall–Kier alpha value is -0.810. The van der Waals surface area contributed by atoms with Crippen LogP contribution in [-0.4, -0.2) is 30.0 Å². The van der Waals surface area contributed by atoms with Crippen LogP contribution in [0.1, 0.15) is 33.6 Å². The quantitative estimate of drug-likeness (QED) is 0.860. The summed E-state index contributed by atoms with van der Waals surface area (Å²) in [6.07, 6.45) is 3.76. The van der Waals surface area contributed by atoms with Crippen molar-refractivity contribution in [1.82, 2.24) is 10.3 Å². The van der Waals surface area contributed by atoms with Crippen molar-refractivity contribution < 1.29 is 4.79 Å². The molecule has 1 aliphatic heterocycles. The number of hydrogen-bond acceptors (Lipinski definition) is 3. The van der Waals surface area contributed by atoms with Crippen molar-refractivity contribution in [3.05, 3.63) is 21.8 Å². The first kappa shape index (κ1) is 16.6. The van der Waals surface area contributed by atoms with Crippen LogP contribution < -0.4 is 10.2 Å². The van der Waals surface area contributed by atoms with Gasteiger partial charge in [-0.25, -0.2) is 4.98 Å². The van der Waals surface area contributed by atoms with E-state index in [9.17, 15) is 4.79 Å². The molecule has 1 amide bonds. The normalized spacial score (nSPS) is 19.5. The van der Waals surface area contributed by atoms with Gasteiger partial charge in [-0.1, -0.05) is 32.4 Å². The Bertz CT molecular complexity index is 530. The second-order valence-electron chi connectivity index (χ2n) is 6.47. The van der Waals surface area contributed by atoms with Gasteiger partial charge in [-0.15, -0.1) is 0 Å². The molecular weight excluding hydrogens is 354 g/mol. The van der Waals surface area contributed by atoms with Gasteiger partial charge in [-0.2, -0.15) is 0 Å². The molecule has 1 aromatic rings. The Kier molecular flexibility index (Phi) is 5.15. The zero-order valence-electron chi connectivity index (χ0n) is 12.6. The smallest absolute Gasteiger partial charge is 0.225 e. The molecule has 0 aromatic carbocycles. The highest BCUT2D eigenvalue weighted by Gasteiger charge is 2.28. The summed E-state index contributed by atoms with van der Waals surface area (Å²) in [5.41, 5.74) is -0.365. The molecule has 0 radical (unpaired) electrons. The van der Waals surface area contributed by atoms with Crippen molar-refractivity contribution in [1.29, 1.82) is 0 Å². The fourth-order valence-electron chi connectivity index (χ4n) is 2.33. The molecule has 0 aliphatic carbocycles. The van der Waals surface area contributed by atoms with E-state index in [4.69, 9.17) is 11.6 Å². The predicted octanol–water partition coefficient (Wildman–Crippen LogP) is 3.63. The fraction of sp³-hybridized carbons (Fsp3) is 0.600. The Labute approximate surface area is 139 Å². The van der Waals surface area contributed by atoms with Gasteiger partial charge in [-0.3, -0.25) is 4.79 Å². The van der Waals surface area contributed by atoms with Crippen molar-refractivity contribution >= 4 is 39.3 Å². The molecule has 0 saturated carbocycles. The SMILES string of the molecule is CC(C)(C)C(=O)NC1CCCN(c2ncc(Br)cc2Cl)C1. The molecule has 1 fully saturated rings. The third kappa shape index (κ3) is 4.33. The highest BCUT2D eigenvalue weighted by atomic mass is 79.9. The summed E-state index contributed by atoms with van der Waals surface area (Å²) in [4.78, 5) is 18.7.